The molecule has 0 heterocycles. The maximum atomic E-state index is 6.19. The molecule has 0 atom stereocenters. The molecule has 0 unspecified atom stereocenters. The summed E-state index contributed by atoms with van der Waals surface area (Å²) in [5, 5.41) is 0.877. The molecular weight excluding hydrogens is 268 g/mol. The molecule has 0 spiro atoms. The van der Waals surface area contributed by atoms with Crippen LogP contribution in [0.5, 0.6) is 0 Å². The highest BCUT2D eigenvalue weighted by molar-refractivity contribution is 7.99. The average Bonchev–Trinajstić information content (AvgIpc) is 2.39. The molecule has 0 amide bonds. The summed E-state index contributed by atoms with van der Waals surface area (Å²) < 4.78 is 0. The molecule has 2 rings (SSSR count). The van der Waals surface area contributed by atoms with E-state index < -0.39 is 0 Å². The van der Waals surface area contributed by atoms with E-state index in [9.17, 15) is 0 Å². The summed E-state index contributed by atoms with van der Waals surface area (Å²) in [7, 11) is 0. The van der Waals surface area contributed by atoms with Gasteiger partial charge in [-0.1, -0.05) is 43.0 Å². The maximum absolute atomic E-state index is 6.19. The Morgan fingerprint density at radius 3 is 2.53 bits per heavy atom. The lowest BCUT2D eigenvalue weighted by Crippen LogP contribution is -2.28. The largest absolute Gasteiger partial charge is 0.179 e. The molecular formula is C14H19ClS2. The van der Waals surface area contributed by atoms with Crippen molar-refractivity contribution in [1.29, 1.82) is 0 Å². The first-order chi connectivity index (χ1) is 8.26. The van der Waals surface area contributed by atoms with Gasteiger partial charge in [-0.2, -0.15) is 12.6 Å². The molecule has 17 heavy (non-hydrogen) atoms. The topological polar surface area (TPSA) is 0 Å². The van der Waals surface area contributed by atoms with Crippen LogP contribution >= 0.6 is 36.0 Å². The predicted molar refractivity (Wildman–Crippen MR) is 81.5 cm³/mol. The Bertz CT molecular complexity index is 359. The van der Waals surface area contributed by atoms with Gasteiger partial charge in [0.1, 0.15) is 0 Å². The van der Waals surface area contributed by atoms with Gasteiger partial charge >= 0.3 is 0 Å². The SMILES string of the molecule is SCC1(CSc2ccccc2Cl)CCCCC1. The molecule has 1 aromatic rings. The van der Waals surface area contributed by atoms with Crippen molar-refractivity contribution in [2.75, 3.05) is 11.5 Å². The summed E-state index contributed by atoms with van der Waals surface area (Å²) >= 11 is 12.7. The minimum absolute atomic E-state index is 0.436. The summed E-state index contributed by atoms with van der Waals surface area (Å²) in [6.45, 7) is 0. The smallest absolute Gasteiger partial charge is 0.0541 e. The van der Waals surface area contributed by atoms with Crippen LogP contribution in [0.4, 0.5) is 0 Å². The van der Waals surface area contributed by atoms with Crippen molar-refractivity contribution in [3.05, 3.63) is 29.3 Å². The lowest BCUT2D eigenvalue weighted by Gasteiger charge is -2.35. The van der Waals surface area contributed by atoms with E-state index in [1.165, 1.54) is 37.0 Å². The van der Waals surface area contributed by atoms with Crippen molar-refractivity contribution in [1.82, 2.24) is 0 Å². The molecule has 3 heteroatoms. The Kier molecular flexibility index (Phi) is 5.13. The monoisotopic (exact) mass is 286 g/mol. The van der Waals surface area contributed by atoms with E-state index in [0.29, 0.717) is 5.41 Å². The van der Waals surface area contributed by atoms with E-state index >= 15 is 0 Å². The lowest BCUT2D eigenvalue weighted by molar-refractivity contribution is 0.259. The molecule has 0 N–H and O–H groups in total. The number of hydrogen-bond acceptors (Lipinski definition) is 2. The zero-order valence-corrected chi connectivity index (χ0v) is 12.5. The number of hydrogen-bond donors (Lipinski definition) is 1. The van der Waals surface area contributed by atoms with Gasteiger partial charge in [0.25, 0.3) is 0 Å². The first-order valence-corrected chi connectivity index (χ1v) is 8.24. The quantitative estimate of drug-likeness (QED) is 0.578. The molecule has 1 aromatic carbocycles. The molecule has 94 valence electrons. The number of benzene rings is 1. The van der Waals surface area contributed by atoms with Crippen molar-refractivity contribution < 1.29 is 0 Å². The first-order valence-electron chi connectivity index (χ1n) is 6.24. The molecule has 0 bridgehead atoms. The van der Waals surface area contributed by atoms with Crippen molar-refractivity contribution in [3.63, 3.8) is 0 Å². The first kappa shape index (κ1) is 13.6. The van der Waals surface area contributed by atoms with E-state index in [2.05, 4.69) is 24.8 Å². The highest BCUT2D eigenvalue weighted by Gasteiger charge is 2.30. The van der Waals surface area contributed by atoms with E-state index in [4.69, 9.17) is 11.6 Å². The Morgan fingerprint density at radius 2 is 1.88 bits per heavy atom. The van der Waals surface area contributed by atoms with Crippen LogP contribution < -0.4 is 0 Å². The van der Waals surface area contributed by atoms with Crippen LogP contribution in [0.25, 0.3) is 0 Å². The third-order valence-electron chi connectivity index (χ3n) is 3.62. The second-order valence-corrected chi connectivity index (χ2v) is 6.68. The second kappa shape index (κ2) is 6.40. The zero-order valence-electron chi connectivity index (χ0n) is 9.99. The lowest BCUT2D eigenvalue weighted by atomic mass is 9.77. The Morgan fingerprint density at radius 1 is 1.18 bits per heavy atom. The third-order valence-corrected chi connectivity index (χ3v) is 6.16. The molecule has 1 aliphatic rings. The van der Waals surface area contributed by atoms with Crippen molar-refractivity contribution in [3.8, 4) is 0 Å². The van der Waals surface area contributed by atoms with Crippen molar-refractivity contribution in [2.24, 2.45) is 5.41 Å². The van der Waals surface area contributed by atoms with Gasteiger partial charge in [-0.05, 0) is 36.1 Å². The van der Waals surface area contributed by atoms with Crippen LogP contribution in [-0.2, 0) is 0 Å². The minimum Gasteiger partial charge on any atom is -0.179 e. The Hall–Kier alpha value is 0.210. The highest BCUT2D eigenvalue weighted by Crippen LogP contribution is 2.42. The molecule has 1 fully saturated rings. The maximum Gasteiger partial charge on any atom is 0.0541 e. The van der Waals surface area contributed by atoms with Gasteiger partial charge in [-0.15, -0.1) is 11.8 Å². The Labute approximate surface area is 119 Å². The molecule has 0 radical (unpaired) electrons. The van der Waals surface area contributed by atoms with Gasteiger partial charge in [-0.3, -0.25) is 0 Å². The van der Waals surface area contributed by atoms with E-state index in [1.54, 1.807) is 0 Å². The highest BCUT2D eigenvalue weighted by atomic mass is 35.5. The fraction of sp³-hybridized carbons (Fsp3) is 0.571. The fourth-order valence-electron chi connectivity index (χ4n) is 2.44. The van der Waals surface area contributed by atoms with Gasteiger partial charge in [0.05, 0.1) is 5.02 Å². The summed E-state index contributed by atoms with van der Waals surface area (Å²) in [6.07, 6.45) is 6.78. The van der Waals surface area contributed by atoms with Crippen LogP contribution in [0, 0.1) is 5.41 Å². The van der Waals surface area contributed by atoms with Crippen LogP contribution in [0.1, 0.15) is 32.1 Å². The van der Waals surface area contributed by atoms with Crippen molar-refractivity contribution in [2.45, 2.75) is 37.0 Å². The average molecular weight is 287 g/mol. The second-order valence-electron chi connectivity index (χ2n) is 4.94. The van der Waals surface area contributed by atoms with Gasteiger partial charge in [0.2, 0.25) is 0 Å². The van der Waals surface area contributed by atoms with Crippen LogP contribution in [0.2, 0.25) is 5.02 Å². The number of halogens is 1. The van der Waals surface area contributed by atoms with E-state index in [-0.39, 0.29) is 0 Å². The molecule has 0 saturated heterocycles. The third kappa shape index (κ3) is 3.59. The molecule has 0 nitrogen and oxygen atoms in total. The van der Waals surface area contributed by atoms with E-state index in [0.717, 1.165) is 16.5 Å². The number of rotatable bonds is 4. The summed E-state index contributed by atoms with van der Waals surface area (Å²) in [4.78, 5) is 1.21. The predicted octanol–water partition coefficient (Wildman–Crippen LogP) is 5.31. The fourth-order valence-corrected chi connectivity index (χ4v) is 4.55. The summed E-state index contributed by atoms with van der Waals surface area (Å²) in [5.41, 5.74) is 0.436. The molecule has 1 aliphatic carbocycles. The van der Waals surface area contributed by atoms with Gasteiger partial charge in [0.15, 0.2) is 0 Å². The van der Waals surface area contributed by atoms with Crippen LogP contribution in [0.3, 0.4) is 0 Å². The standard InChI is InChI=1S/C14H19ClS2/c15-12-6-2-3-7-13(12)17-11-14(10-16)8-4-1-5-9-14/h2-3,6-7,16H,1,4-5,8-11H2. The molecule has 1 saturated carbocycles. The summed E-state index contributed by atoms with van der Waals surface area (Å²) in [5.74, 6) is 2.16. The van der Waals surface area contributed by atoms with Gasteiger partial charge < -0.3 is 0 Å². The minimum atomic E-state index is 0.436. The van der Waals surface area contributed by atoms with Crippen LogP contribution in [0.15, 0.2) is 29.2 Å². The number of thioether (sulfide) groups is 1. The van der Waals surface area contributed by atoms with E-state index in [1.807, 2.05) is 23.9 Å². The summed E-state index contributed by atoms with van der Waals surface area (Å²) in [6, 6.07) is 8.13. The Balaban J connectivity index is 1.98. The van der Waals surface area contributed by atoms with Gasteiger partial charge in [0, 0.05) is 10.6 Å². The number of thiol groups is 1. The normalized spacial score (nSPS) is 19.2. The van der Waals surface area contributed by atoms with Crippen molar-refractivity contribution >= 4 is 36.0 Å². The van der Waals surface area contributed by atoms with Crippen LogP contribution in [-0.4, -0.2) is 11.5 Å². The van der Waals surface area contributed by atoms with Gasteiger partial charge in [-0.25, -0.2) is 0 Å². The molecule has 0 aliphatic heterocycles. The molecule has 0 aromatic heterocycles. The zero-order chi connectivity index (χ0) is 12.1.